The van der Waals surface area contributed by atoms with E-state index < -0.39 is 0 Å². The molecule has 2 rings (SSSR count). The van der Waals surface area contributed by atoms with Gasteiger partial charge in [-0.2, -0.15) is 0 Å². The normalized spacial score (nSPS) is 28.0. The van der Waals surface area contributed by atoms with Gasteiger partial charge in [0, 0.05) is 52.8 Å². The summed E-state index contributed by atoms with van der Waals surface area (Å²) in [7, 11) is 1.81. The van der Waals surface area contributed by atoms with Crippen LogP contribution in [-0.2, 0) is 9.47 Å². The van der Waals surface area contributed by atoms with Crippen LogP contribution in [0.4, 0.5) is 0 Å². The number of methoxy groups -OCH3 is 1. The van der Waals surface area contributed by atoms with Crippen LogP contribution in [0.2, 0.25) is 0 Å². The summed E-state index contributed by atoms with van der Waals surface area (Å²) in [5, 5.41) is 3.50. The van der Waals surface area contributed by atoms with Gasteiger partial charge in [-0.15, -0.1) is 0 Å². The first kappa shape index (κ1) is 19.5. The number of guanidine groups is 1. The Balaban J connectivity index is 2.06. The minimum Gasteiger partial charge on any atom is -0.381 e. The molecule has 2 fully saturated rings. The van der Waals surface area contributed by atoms with Crippen molar-refractivity contribution in [3.05, 3.63) is 0 Å². The smallest absolute Gasteiger partial charge is 0.194 e. The molecule has 2 heterocycles. The van der Waals surface area contributed by atoms with Gasteiger partial charge >= 0.3 is 0 Å². The van der Waals surface area contributed by atoms with E-state index in [4.69, 9.17) is 14.5 Å². The molecule has 0 aromatic carbocycles. The third kappa shape index (κ3) is 5.09. The summed E-state index contributed by atoms with van der Waals surface area (Å²) in [6.07, 6.45) is 6.99. The van der Waals surface area contributed by atoms with Crippen molar-refractivity contribution in [1.29, 1.82) is 0 Å². The fourth-order valence-electron chi connectivity index (χ4n) is 4.12. The van der Waals surface area contributed by atoms with Gasteiger partial charge in [0.25, 0.3) is 0 Å². The largest absolute Gasteiger partial charge is 0.381 e. The second-order valence-corrected chi connectivity index (χ2v) is 7.76. The van der Waals surface area contributed by atoms with Crippen molar-refractivity contribution in [2.24, 2.45) is 10.4 Å². The molecule has 0 saturated carbocycles. The molecule has 1 atom stereocenters. The van der Waals surface area contributed by atoms with Gasteiger partial charge < -0.3 is 19.7 Å². The number of hydrogen-bond acceptors (Lipinski definition) is 3. The minimum absolute atomic E-state index is 0.151. The van der Waals surface area contributed by atoms with Gasteiger partial charge in [0.2, 0.25) is 0 Å². The molecule has 2 aliphatic heterocycles. The van der Waals surface area contributed by atoms with E-state index in [9.17, 15) is 0 Å². The van der Waals surface area contributed by atoms with E-state index in [1.54, 1.807) is 0 Å². The van der Waals surface area contributed by atoms with Crippen molar-refractivity contribution < 1.29 is 9.47 Å². The van der Waals surface area contributed by atoms with Crippen molar-refractivity contribution in [3.8, 4) is 0 Å². The number of likely N-dealkylation sites (tertiary alicyclic amines) is 1. The first-order valence-electron chi connectivity index (χ1n) is 9.72. The first-order chi connectivity index (χ1) is 11.6. The van der Waals surface area contributed by atoms with Crippen molar-refractivity contribution in [1.82, 2.24) is 10.2 Å². The van der Waals surface area contributed by atoms with Crippen LogP contribution in [0.5, 0.6) is 0 Å². The predicted octanol–water partition coefficient (Wildman–Crippen LogP) is 3.05. The Morgan fingerprint density at radius 3 is 2.62 bits per heavy atom. The second kappa shape index (κ2) is 9.04. The number of hydrogen-bond donors (Lipinski definition) is 1. The number of rotatable bonds is 6. The average molecular weight is 340 g/mol. The van der Waals surface area contributed by atoms with Crippen LogP contribution in [0.25, 0.3) is 0 Å². The van der Waals surface area contributed by atoms with Gasteiger partial charge in [-0.1, -0.05) is 20.3 Å². The fraction of sp³-hybridized carbons (Fsp3) is 0.947. The third-order valence-corrected chi connectivity index (χ3v) is 5.62. The fourth-order valence-corrected chi connectivity index (χ4v) is 4.12. The quantitative estimate of drug-likeness (QED) is 0.597. The molecule has 1 N–H and O–H groups in total. The van der Waals surface area contributed by atoms with Crippen LogP contribution in [0.3, 0.4) is 0 Å². The van der Waals surface area contributed by atoms with Gasteiger partial charge in [0.15, 0.2) is 5.96 Å². The van der Waals surface area contributed by atoms with Crippen LogP contribution >= 0.6 is 0 Å². The molecule has 0 aliphatic carbocycles. The first-order valence-corrected chi connectivity index (χ1v) is 9.72. The predicted molar refractivity (Wildman–Crippen MR) is 99.6 cm³/mol. The Morgan fingerprint density at radius 1 is 1.25 bits per heavy atom. The molecule has 24 heavy (non-hydrogen) atoms. The zero-order valence-corrected chi connectivity index (χ0v) is 16.2. The molecule has 0 aromatic rings. The third-order valence-electron chi connectivity index (χ3n) is 5.62. The van der Waals surface area contributed by atoms with Gasteiger partial charge in [0.05, 0.1) is 12.1 Å². The molecule has 1 unspecified atom stereocenters. The molecule has 2 aliphatic rings. The topological polar surface area (TPSA) is 46.1 Å². The molecule has 0 aromatic heterocycles. The van der Waals surface area contributed by atoms with Gasteiger partial charge in [-0.05, 0) is 31.6 Å². The highest BCUT2D eigenvalue weighted by molar-refractivity contribution is 5.80. The molecular formula is C19H37N3O2. The Bertz CT molecular complexity index is 403. The van der Waals surface area contributed by atoms with E-state index in [1.165, 1.54) is 25.7 Å². The molecule has 0 bridgehead atoms. The summed E-state index contributed by atoms with van der Waals surface area (Å²) in [6.45, 7) is 12.3. The zero-order valence-electron chi connectivity index (χ0n) is 16.2. The maximum atomic E-state index is 5.84. The van der Waals surface area contributed by atoms with Crippen LogP contribution in [0, 0.1) is 5.41 Å². The van der Waals surface area contributed by atoms with E-state index in [1.807, 2.05) is 7.11 Å². The summed E-state index contributed by atoms with van der Waals surface area (Å²) in [5.41, 5.74) is 0.266. The highest BCUT2D eigenvalue weighted by atomic mass is 16.5. The molecule has 0 amide bonds. The van der Waals surface area contributed by atoms with E-state index >= 15 is 0 Å². The zero-order chi connectivity index (χ0) is 17.5. The minimum atomic E-state index is -0.151. The molecule has 2 saturated heterocycles. The maximum Gasteiger partial charge on any atom is 0.194 e. The Kier molecular flexibility index (Phi) is 7.35. The van der Waals surface area contributed by atoms with Crippen molar-refractivity contribution in [3.63, 3.8) is 0 Å². The monoisotopic (exact) mass is 339 g/mol. The Labute approximate surface area is 148 Å². The lowest BCUT2D eigenvalue weighted by Crippen LogP contribution is -2.50. The Morgan fingerprint density at radius 2 is 2.00 bits per heavy atom. The highest BCUT2D eigenvalue weighted by Gasteiger charge is 2.34. The molecule has 0 spiro atoms. The van der Waals surface area contributed by atoms with E-state index in [-0.39, 0.29) is 5.60 Å². The van der Waals surface area contributed by atoms with Crippen LogP contribution in [0.1, 0.15) is 59.3 Å². The highest BCUT2D eigenvalue weighted by Crippen LogP contribution is 2.34. The SMILES string of the molecule is CCCC1(C)CCCN(C(=NCC2(OC)CCOCC2)NCC)C1. The second-order valence-electron chi connectivity index (χ2n) is 7.76. The van der Waals surface area contributed by atoms with Crippen LogP contribution in [-0.4, -0.2) is 63.0 Å². The lowest BCUT2D eigenvalue weighted by atomic mass is 9.78. The number of ether oxygens (including phenoxy) is 2. The lowest BCUT2D eigenvalue weighted by molar-refractivity contribution is -0.0830. The van der Waals surface area contributed by atoms with Crippen molar-refractivity contribution >= 4 is 5.96 Å². The van der Waals surface area contributed by atoms with Crippen LogP contribution in [0.15, 0.2) is 4.99 Å². The maximum absolute atomic E-state index is 5.84. The number of nitrogens with zero attached hydrogens (tertiary/aromatic N) is 2. The standard InChI is InChI=1S/C19H37N3O2/c1-5-8-18(3)9-7-12-22(16-18)17(20-6-2)21-15-19(23-4)10-13-24-14-11-19/h5-16H2,1-4H3,(H,20,21). The molecule has 140 valence electrons. The Hall–Kier alpha value is -0.810. The number of nitrogens with one attached hydrogen (secondary N) is 1. The van der Waals surface area contributed by atoms with Gasteiger partial charge in [0.1, 0.15) is 0 Å². The molecular weight excluding hydrogens is 302 g/mol. The average Bonchev–Trinajstić information content (AvgIpc) is 2.59. The summed E-state index contributed by atoms with van der Waals surface area (Å²) < 4.78 is 11.3. The summed E-state index contributed by atoms with van der Waals surface area (Å²) in [6, 6.07) is 0. The van der Waals surface area contributed by atoms with Crippen molar-refractivity contribution in [2.45, 2.75) is 64.9 Å². The van der Waals surface area contributed by atoms with Gasteiger partial charge in [-0.25, -0.2) is 0 Å². The lowest BCUT2D eigenvalue weighted by Gasteiger charge is -2.42. The van der Waals surface area contributed by atoms with Crippen LogP contribution < -0.4 is 5.32 Å². The molecule has 5 nitrogen and oxygen atoms in total. The summed E-state index contributed by atoms with van der Waals surface area (Å²) in [5.74, 6) is 1.06. The van der Waals surface area contributed by atoms with E-state index in [0.29, 0.717) is 5.41 Å². The summed E-state index contributed by atoms with van der Waals surface area (Å²) in [4.78, 5) is 7.44. The number of aliphatic imine (C=N–C) groups is 1. The summed E-state index contributed by atoms with van der Waals surface area (Å²) >= 11 is 0. The van der Waals surface area contributed by atoms with E-state index in [2.05, 4.69) is 31.0 Å². The van der Waals surface area contributed by atoms with Gasteiger partial charge in [-0.3, -0.25) is 4.99 Å². The number of piperidine rings is 1. The van der Waals surface area contributed by atoms with Crippen molar-refractivity contribution in [2.75, 3.05) is 46.5 Å². The molecule has 5 heteroatoms. The molecule has 0 radical (unpaired) electrons. The van der Waals surface area contributed by atoms with E-state index in [0.717, 1.165) is 58.2 Å².